The van der Waals surface area contributed by atoms with Crippen LogP contribution in [0.1, 0.15) is 64.7 Å². The predicted molar refractivity (Wildman–Crippen MR) is 74.7 cm³/mol. The molecule has 0 bridgehead atoms. The van der Waals surface area contributed by atoms with Gasteiger partial charge in [-0.3, -0.25) is 0 Å². The Balaban J connectivity index is 1.56. The van der Waals surface area contributed by atoms with Crippen molar-refractivity contribution in [2.24, 2.45) is 11.3 Å². The summed E-state index contributed by atoms with van der Waals surface area (Å²) in [6.45, 7) is 4.50. The highest BCUT2D eigenvalue weighted by molar-refractivity contribution is 5.09. The number of hydrogen-bond acceptors (Lipinski definition) is 2. The first-order chi connectivity index (χ1) is 8.85. The van der Waals surface area contributed by atoms with Gasteiger partial charge in [-0.2, -0.15) is 0 Å². The van der Waals surface area contributed by atoms with Gasteiger partial charge in [0, 0.05) is 18.1 Å². The van der Waals surface area contributed by atoms with E-state index in [-0.39, 0.29) is 0 Å². The molecule has 0 amide bonds. The maximum atomic E-state index is 6.27. The minimum atomic E-state index is 0.516. The number of nitrogens with one attached hydrogen (secondary N) is 1. The molecule has 3 aliphatic rings. The van der Waals surface area contributed by atoms with E-state index in [4.69, 9.17) is 4.74 Å². The fraction of sp³-hybridized carbons (Fsp3) is 1.00. The Labute approximate surface area is 112 Å². The summed E-state index contributed by atoms with van der Waals surface area (Å²) in [6, 6.07) is 0.752. The van der Waals surface area contributed by atoms with Gasteiger partial charge in [0.05, 0.1) is 6.10 Å². The molecule has 18 heavy (non-hydrogen) atoms. The van der Waals surface area contributed by atoms with E-state index in [1.807, 2.05) is 0 Å². The zero-order chi connectivity index (χ0) is 12.4. The van der Waals surface area contributed by atoms with Gasteiger partial charge >= 0.3 is 0 Å². The minimum absolute atomic E-state index is 0.516. The van der Waals surface area contributed by atoms with Crippen LogP contribution < -0.4 is 5.32 Å². The molecule has 0 aromatic heterocycles. The summed E-state index contributed by atoms with van der Waals surface area (Å²) < 4.78 is 6.27. The topological polar surface area (TPSA) is 21.3 Å². The van der Waals surface area contributed by atoms with Gasteiger partial charge in [0.25, 0.3) is 0 Å². The van der Waals surface area contributed by atoms with Crippen LogP contribution >= 0.6 is 0 Å². The molecule has 2 nitrogen and oxygen atoms in total. The van der Waals surface area contributed by atoms with E-state index in [0.717, 1.165) is 18.6 Å². The molecule has 0 radical (unpaired) electrons. The average Bonchev–Trinajstić information content (AvgIpc) is 3.22. The summed E-state index contributed by atoms with van der Waals surface area (Å²) in [5.74, 6) is 0.910. The molecule has 0 aromatic rings. The van der Waals surface area contributed by atoms with Gasteiger partial charge in [-0.15, -0.1) is 0 Å². The van der Waals surface area contributed by atoms with E-state index >= 15 is 0 Å². The molecule has 2 unspecified atom stereocenters. The second-order valence-corrected chi connectivity index (χ2v) is 6.80. The maximum absolute atomic E-state index is 6.27. The smallest absolute Gasteiger partial charge is 0.0661 e. The molecule has 1 N–H and O–H groups in total. The molecule has 2 heteroatoms. The van der Waals surface area contributed by atoms with Crippen molar-refractivity contribution in [3.8, 4) is 0 Å². The minimum Gasteiger partial charge on any atom is -0.377 e. The number of ether oxygens (including phenoxy) is 1. The van der Waals surface area contributed by atoms with Crippen LogP contribution in [-0.2, 0) is 4.74 Å². The van der Waals surface area contributed by atoms with E-state index in [0.29, 0.717) is 11.5 Å². The van der Waals surface area contributed by atoms with Gasteiger partial charge < -0.3 is 10.1 Å². The van der Waals surface area contributed by atoms with Crippen molar-refractivity contribution in [3.05, 3.63) is 0 Å². The molecule has 3 rings (SSSR count). The third-order valence-electron chi connectivity index (χ3n) is 5.44. The van der Waals surface area contributed by atoms with Crippen LogP contribution in [0.15, 0.2) is 0 Å². The maximum Gasteiger partial charge on any atom is 0.0661 e. The lowest BCUT2D eigenvalue weighted by molar-refractivity contribution is -0.154. The lowest BCUT2D eigenvalue weighted by Crippen LogP contribution is -2.64. The van der Waals surface area contributed by atoms with Crippen LogP contribution in [0.4, 0.5) is 0 Å². The van der Waals surface area contributed by atoms with Gasteiger partial charge in [-0.25, -0.2) is 0 Å². The molecule has 0 heterocycles. The van der Waals surface area contributed by atoms with Crippen molar-refractivity contribution in [1.82, 2.24) is 5.32 Å². The molecule has 2 atom stereocenters. The van der Waals surface area contributed by atoms with Gasteiger partial charge in [-0.1, -0.05) is 26.2 Å². The lowest BCUT2D eigenvalue weighted by Gasteiger charge is -2.58. The Kier molecular flexibility index (Phi) is 3.95. The van der Waals surface area contributed by atoms with Gasteiger partial charge in [0.15, 0.2) is 0 Å². The van der Waals surface area contributed by atoms with Crippen molar-refractivity contribution >= 4 is 0 Å². The standard InChI is InChI=1S/C16H29NO/c1-2-10-17-14-11-15(18-12-13-6-7-13)16(14)8-4-3-5-9-16/h13-15,17H,2-12H2,1H3. The first-order valence-corrected chi connectivity index (χ1v) is 8.20. The Morgan fingerprint density at radius 2 is 1.94 bits per heavy atom. The summed E-state index contributed by atoms with van der Waals surface area (Å²) in [4.78, 5) is 0. The van der Waals surface area contributed by atoms with Gasteiger partial charge in [0.2, 0.25) is 0 Å². The molecule has 0 saturated heterocycles. The van der Waals surface area contributed by atoms with Crippen molar-refractivity contribution in [1.29, 1.82) is 0 Å². The Hall–Kier alpha value is -0.0800. The second kappa shape index (κ2) is 5.50. The molecule has 1 spiro atoms. The predicted octanol–water partition coefficient (Wildman–Crippen LogP) is 3.50. The Bertz CT molecular complexity index is 268. The average molecular weight is 251 g/mol. The second-order valence-electron chi connectivity index (χ2n) is 6.80. The van der Waals surface area contributed by atoms with Crippen LogP contribution in [0.3, 0.4) is 0 Å². The van der Waals surface area contributed by atoms with Crippen LogP contribution in [0.5, 0.6) is 0 Å². The third kappa shape index (κ3) is 2.46. The SMILES string of the molecule is CCCNC1CC(OCC2CC2)C12CCCCC2. The Morgan fingerprint density at radius 1 is 1.17 bits per heavy atom. The van der Waals surface area contributed by atoms with E-state index in [1.165, 1.54) is 64.3 Å². The lowest BCUT2D eigenvalue weighted by atomic mass is 9.55. The Morgan fingerprint density at radius 3 is 2.61 bits per heavy atom. The largest absolute Gasteiger partial charge is 0.377 e. The summed E-state index contributed by atoms with van der Waals surface area (Å²) in [5.41, 5.74) is 0.516. The van der Waals surface area contributed by atoms with Gasteiger partial charge in [0.1, 0.15) is 0 Å². The first-order valence-electron chi connectivity index (χ1n) is 8.20. The van der Waals surface area contributed by atoms with Crippen molar-refractivity contribution in [2.45, 2.75) is 76.9 Å². The van der Waals surface area contributed by atoms with Crippen molar-refractivity contribution < 1.29 is 4.74 Å². The summed E-state index contributed by atoms with van der Waals surface area (Å²) >= 11 is 0. The van der Waals surface area contributed by atoms with Crippen LogP contribution in [0, 0.1) is 11.3 Å². The number of hydrogen-bond donors (Lipinski definition) is 1. The summed E-state index contributed by atoms with van der Waals surface area (Å²) in [6.07, 6.45) is 13.0. The van der Waals surface area contributed by atoms with E-state index in [9.17, 15) is 0 Å². The van der Waals surface area contributed by atoms with E-state index in [2.05, 4.69) is 12.2 Å². The van der Waals surface area contributed by atoms with Crippen LogP contribution in [0.25, 0.3) is 0 Å². The third-order valence-corrected chi connectivity index (χ3v) is 5.44. The highest BCUT2D eigenvalue weighted by Gasteiger charge is 2.55. The monoisotopic (exact) mass is 251 g/mol. The van der Waals surface area contributed by atoms with Crippen LogP contribution in [0.2, 0.25) is 0 Å². The van der Waals surface area contributed by atoms with E-state index in [1.54, 1.807) is 0 Å². The van der Waals surface area contributed by atoms with Crippen molar-refractivity contribution in [2.75, 3.05) is 13.2 Å². The first kappa shape index (κ1) is 12.9. The molecule has 0 aliphatic heterocycles. The quantitative estimate of drug-likeness (QED) is 0.780. The molecular formula is C16H29NO. The zero-order valence-corrected chi connectivity index (χ0v) is 11.9. The highest BCUT2D eigenvalue weighted by Crippen LogP contribution is 2.53. The highest BCUT2D eigenvalue weighted by atomic mass is 16.5. The molecule has 0 aromatic carbocycles. The fourth-order valence-electron chi connectivity index (χ4n) is 4.00. The molecule has 3 aliphatic carbocycles. The molecule has 3 fully saturated rings. The zero-order valence-electron chi connectivity index (χ0n) is 11.9. The molecular weight excluding hydrogens is 222 g/mol. The van der Waals surface area contributed by atoms with Crippen LogP contribution in [-0.4, -0.2) is 25.3 Å². The normalized spacial score (nSPS) is 34.5. The number of rotatable bonds is 6. The van der Waals surface area contributed by atoms with E-state index < -0.39 is 0 Å². The molecule has 3 saturated carbocycles. The fourth-order valence-corrected chi connectivity index (χ4v) is 4.00. The summed E-state index contributed by atoms with van der Waals surface area (Å²) in [5, 5.41) is 3.78. The van der Waals surface area contributed by atoms with Crippen molar-refractivity contribution in [3.63, 3.8) is 0 Å². The van der Waals surface area contributed by atoms with Gasteiger partial charge in [-0.05, 0) is 51.0 Å². The molecule has 104 valence electrons. The summed E-state index contributed by atoms with van der Waals surface area (Å²) in [7, 11) is 0.